The molecule has 0 aromatic carbocycles. The smallest absolute Gasteiger partial charge is 0.360 e. The highest BCUT2D eigenvalue weighted by atomic mass is 16.4. The van der Waals surface area contributed by atoms with Gasteiger partial charge in [0.05, 0.1) is 6.20 Å². The maximum Gasteiger partial charge on any atom is 0.360 e. The molecule has 5 heteroatoms. The van der Waals surface area contributed by atoms with Gasteiger partial charge in [0.15, 0.2) is 6.54 Å². The molecule has 2 atom stereocenters. The molecule has 2 unspecified atom stereocenters. The van der Waals surface area contributed by atoms with Crippen LogP contribution in [0, 0.1) is 0 Å². The van der Waals surface area contributed by atoms with Gasteiger partial charge in [-0.3, -0.25) is 5.73 Å². The number of nitrogens with two attached hydrogens (primary N) is 1. The fourth-order valence-electron chi connectivity index (χ4n) is 3.57. The molecule has 0 aliphatic carbocycles. The van der Waals surface area contributed by atoms with Gasteiger partial charge in [0.25, 0.3) is 0 Å². The van der Waals surface area contributed by atoms with E-state index in [1.165, 1.54) is 64.2 Å². The lowest BCUT2D eigenvalue weighted by Crippen LogP contribution is -2.59. The Labute approximate surface area is 165 Å². The van der Waals surface area contributed by atoms with Gasteiger partial charge < -0.3 is 5.11 Å². The lowest BCUT2D eigenvalue weighted by atomic mass is 10.1. The first-order valence-corrected chi connectivity index (χ1v) is 10.8. The van der Waals surface area contributed by atoms with Crippen molar-refractivity contribution in [1.29, 1.82) is 0 Å². The van der Waals surface area contributed by atoms with Gasteiger partial charge in [-0.2, -0.15) is 0 Å². The van der Waals surface area contributed by atoms with Gasteiger partial charge in [0, 0.05) is 13.3 Å². The second-order valence-electron chi connectivity index (χ2n) is 7.69. The van der Waals surface area contributed by atoms with Crippen LogP contribution in [0.5, 0.6) is 0 Å². The molecule has 0 spiro atoms. The van der Waals surface area contributed by atoms with Crippen LogP contribution in [0.1, 0.15) is 90.9 Å². The Morgan fingerprint density at radius 1 is 1.11 bits per heavy atom. The summed E-state index contributed by atoms with van der Waals surface area (Å²) in [7, 11) is 0. The first-order valence-electron chi connectivity index (χ1n) is 10.8. The number of amidine groups is 1. The predicted molar refractivity (Wildman–Crippen MR) is 113 cm³/mol. The van der Waals surface area contributed by atoms with E-state index in [0.29, 0.717) is 0 Å². The lowest BCUT2D eigenvalue weighted by molar-refractivity contribution is -0.805. The van der Waals surface area contributed by atoms with Gasteiger partial charge in [-0.15, -0.1) is 0 Å². The maximum absolute atomic E-state index is 11.2. The van der Waals surface area contributed by atoms with E-state index in [1.807, 2.05) is 13.1 Å². The van der Waals surface area contributed by atoms with Crippen molar-refractivity contribution < 1.29 is 14.4 Å². The van der Waals surface area contributed by atoms with Crippen molar-refractivity contribution in [3.63, 3.8) is 0 Å². The van der Waals surface area contributed by atoms with Crippen LogP contribution in [0.3, 0.4) is 0 Å². The summed E-state index contributed by atoms with van der Waals surface area (Å²) in [5.74, 6) is 0.0500. The fourth-order valence-corrected chi connectivity index (χ4v) is 3.57. The normalized spacial score (nSPS) is 20.3. The number of carboxylic acids is 1. The zero-order valence-corrected chi connectivity index (χ0v) is 17.4. The minimum absolute atomic E-state index is 0.0279. The molecule has 0 aromatic heterocycles. The van der Waals surface area contributed by atoms with Crippen molar-refractivity contribution in [3.8, 4) is 0 Å². The zero-order chi connectivity index (χ0) is 20.0. The van der Waals surface area contributed by atoms with Crippen LogP contribution in [0.25, 0.3) is 0 Å². The molecule has 1 aliphatic heterocycles. The standard InChI is InChI=1S/C22H39N3O2/c1-3-4-5-6-7-8-9-10-11-12-13-14-15-16-21-24-17-18-25(21,20(2)23)19-22(26)27/h6-7,17-18,20H,3-5,8-16,19,23H2,1-2H3/p+1/b7-6+. The molecular weight excluding hydrogens is 338 g/mol. The van der Waals surface area contributed by atoms with Crippen LogP contribution in [0.2, 0.25) is 0 Å². The van der Waals surface area contributed by atoms with Crippen LogP contribution >= 0.6 is 0 Å². The molecule has 0 aromatic rings. The van der Waals surface area contributed by atoms with Gasteiger partial charge in [-0.05, 0) is 25.7 Å². The minimum Gasteiger partial charge on any atom is -0.477 e. The summed E-state index contributed by atoms with van der Waals surface area (Å²) in [6.07, 6.45) is 22.4. The van der Waals surface area contributed by atoms with Crippen LogP contribution < -0.4 is 5.73 Å². The molecule has 1 aliphatic rings. The highest BCUT2D eigenvalue weighted by Crippen LogP contribution is 2.23. The number of quaternary nitrogens is 1. The van der Waals surface area contributed by atoms with E-state index in [4.69, 9.17) is 5.73 Å². The third-order valence-electron chi connectivity index (χ3n) is 5.32. The number of aliphatic imine (C=N–C) groups is 1. The van der Waals surface area contributed by atoms with Crippen molar-refractivity contribution in [2.45, 2.75) is 97.1 Å². The van der Waals surface area contributed by atoms with Crippen molar-refractivity contribution in [3.05, 3.63) is 24.6 Å². The Hall–Kier alpha value is -1.46. The second-order valence-corrected chi connectivity index (χ2v) is 7.69. The monoisotopic (exact) mass is 378 g/mol. The molecule has 3 N–H and O–H groups in total. The summed E-state index contributed by atoms with van der Waals surface area (Å²) in [6, 6.07) is 0. The van der Waals surface area contributed by atoms with Gasteiger partial charge in [-0.25, -0.2) is 14.3 Å². The minimum atomic E-state index is -0.841. The molecule has 0 bridgehead atoms. The molecule has 0 radical (unpaired) electrons. The summed E-state index contributed by atoms with van der Waals surface area (Å²) < 4.78 is 0.168. The summed E-state index contributed by atoms with van der Waals surface area (Å²) in [6.45, 7) is 4.06. The Kier molecular flexibility index (Phi) is 11.9. The number of carboxylic acid groups (broad SMARTS) is 1. The first-order chi connectivity index (χ1) is 13.0. The van der Waals surface area contributed by atoms with E-state index < -0.39 is 5.97 Å². The molecule has 0 saturated heterocycles. The molecule has 5 nitrogen and oxygen atoms in total. The van der Waals surface area contributed by atoms with E-state index in [-0.39, 0.29) is 17.2 Å². The molecule has 154 valence electrons. The molecule has 0 amide bonds. The number of aliphatic carboxylic acids is 1. The van der Waals surface area contributed by atoms with Crippen molar-refractivity contribution in [2.24, 2.45) is 10.7 Å². The summed E-state index contributed by atoms with van der Waals surface area (Å²) in [5.41, 5.74) is 6.09. The van der Waals surface area contributed by atoms with Crippen LogP contribution in [-0.4, -0.2) is 34.1 Å². The number of unbranched alkanes of at least 4 members (excludes halogenated alkanes) is 9. The molecule has 27 heavy (non-hydrogen) atoms. The third-order valence-corrected chi connectivity index (χ3v) is 5.32. The average molecular weight is 379 g/mol. The van der Waals surface area contributed by atoms with E-state index in [1.54, 1.807) is 6.20 Å². The van der Waals surface area contributed by atoms with Crippen molar-refractivity contribution >= 4 is 11.8 Å². The molecule has 0 fully saturated rings. The number of nitrogens with zero attached hydrogens (tertiary/aromatic N) is 2. The van der Waals surface area contributed by atoms with Gasteiger partial charge in [0.1, 0.15) is 12.4 Å². The van der Waals surface area contributed by atoms with E-state index in [2.05, 4.69) is 24.1 Å². The lowest BCUT2D eigenvalue weighted by Gasteiger charge is -2.34. The number of carbonyl (C=O) groups is 1. The van der Waals surface area contributed by atoms with Crippen LogP contribution in [-0.2, 0) is 4.79 Å². The van der Waals surface area contributed by atoms with Crippen LogP contribution in [0.15, 0.2) is 29.5 Å². The number of hydrogen-bond donors (Lipinski definition) is 2. The quantitative estimate of drug-likeness (QED) is 0.216. The van der Waals surface area contributed by atoms with E-state index >= 15 is 0 Å². The molecular formula is C22H40N3O2+. The van der Waals surface area contributed by atoms with Crippen LogP contribution in [0.4, 0.5) is 0 Å². The fraction of sp³-hybridized carbons (Fsp3) is 0.727. The SMILES string of the molecule is CCCC/C=C/CCCCCCCCCC1=NC=C[N+]1(CC(=O)O)C(C)N. The highest BCUT2D eigenvalue weighted by molar-refractivity contribution is 5.81. The van der Waals surface area contributed by atoms with E-state index in [9.17, 15) is 9.90 Å². The predicted octanol–water partition coefficient (Wildman–Crippen LogP) is 5.33. The molecule has 1 rings (SSSR count). The maximum atomic E-state index is 11.2. The number of hydrogen-bond acceptors (Lipinski definition) is 3. The molecule has 0 saturated carbocycles. The average Bonchev–Trinajstić information content (AvgIpc) is 3.02. The summed E-state index contributed by atoms with van der Waals surface area (Å²) >= 11 is 0. The number of allylic oxidation sites excluding steroid dienone is 2. The Balaban J connectivity index is 2.11. The Morgan fingerprint density at radius 3 is 2.30 bits per heavy atom. The Morgan fingerprint density at radius 2 is 1.70 bits per heavy atom. The van der Waals surface area contributed by atoms with Crippen molar-refractivity contribution in [1.82, 2.24) is 0 Å². The van der Waals surface area contributed by atoms with Crippen molar-refractivity contribution in [2.75, 3.05) is 6.54 Å². The number of rotatable bonds is 16. The van der Waals surface area contributed by atoms with E-state index in [0.717, 1.165) is 18.7 Å². The largest absolute Gasteiger partial charge is 0.477 e. The van der Waals surface area contributed by atoms with Gasteiger partial charge >= 0.3 is 5.97 Å². The van der Waals surface area contributed by atoms with Gasteiger partial charge in [-0.1, -0.05) is 64.0 Å². The summed E-state index contributed by atoms with van der Waals surface area (Å²) in [5, 5.41) is 9.23. The third kappa shape index (κ3) is 8.85. The Bertz CT molecular complexity index is 512. The molecule has 1 heterocycles. The second kappa shape index (κ2) is 13.7. The first kappa shape index (κ1) is 23.6. The zero-order valence-electron chi connectivity index (χ0n) is 17.4. The highest BCUT2D eigenvalue weighted by Gasteiger charge is 2.40. The van der Waals surface area contributed by atoms with Gasteiger partial charge in [0.2, 0.25) is 5.84 Å². The topological polar surface area (TPSA) is 75.7 Å². The summed E-state index contributed by atoms with van der Waals surface area (Å²) in [4.78, 5) is 15.7.